The number of nitrogens with zero attached hydrogens (tertiary/aromatic N) is 2. The van der Waals surface area contributed by atoms with Crippen LogP contribution in [0.15, 0.2) is 30.5 Å². The van der Waals surface area contributed by atoms with Crippen LogP contribution in [-0.2, 0) is 7.05 Å². The van der Waals surface area contributed by atoms with Gasteiger partial charge in [0, 0.05) is 17.6 Å². The normalized spacial score (nSPS) is 10.2. The Balaban J connectivity index is 2.24. The maximum atomic E-state index is 12.0. The average Bonchev–Trinajstić information content (AvgIpc) is 2.71. The molecule has 0 atom stereocenters. The molecule has 0 spiro atoms. The van der Waals surface area contributed by atoms with Gasteiger partial charge in [0.1, 0.15) is 5.69 Å². The van der Waals surface area contributed by atoms with Crippen molar-refractivity contribution in [2.24, 2.45) is 12.8 Å². The summed E-state index contributed by atoms with van der Waals surface area (Å²) in [5.41, 5.74) is 6.06. The van der Waals surface area contributed by atoms with Gasteiger partial charge >= 0.3 is 0 Å². The van der Waals surface area contributed by atoms with Crippen molar-refractivity contribution in [3.63, 3.8) is 0 Å². The van der Waals surface area contributed by atoms with Crippen LogP contribution in [0.2, 0.25) is 5.02 Å². The van der Waals surface area contributed by atoms with Crippen LogP contribution in [0.3, 0.4) is 0 Å². The van der Waals surface area contributed by atoms with Crippen molar-refractivity contribution in [3.05, 3.63) is 46.7 Å². The number of nitrogens with one attached hydrogen (secondary N) is 1. The number of nitrogens with two attached hydrogens (primary N) is 1. The van der Waals surface area contributed by atoms with Crippen molar-refractivity contribution >= 4 is 29.1 Å². The van der Waals surface area contributed by atoms with Gasteiger partial charge in [-0.15, -0.1) is 0 Å². The number of halogens is 1. The van der Waals surface area contributed by atoms with E-state index in [4.69, 9.17) is 17.3 Å². The molecule has 2 aromatic rings. The van der Waals surface area contributed by atoms with E-state index >= 15 is 0 Å². The standard InChI is InChI=1S/C12H11ClN4O2/c1-17-10(11(14)18)9(6-15-17)16-12(19)7-2-4-8(13)5-3-7/h2-6H,1H3,(H2,14,18)(H,16,19). The number of carbonyl (C=O) groups excluding carboxylic acids is 2. The average molecular weight is 279 g/mol. The number of benzene rings is 1. The molecular weight excluding hydrogens is 268 g/mol. The highest BCUT2D eigenvalue weighted by atomic mass is 35.5. The molecule has 0 saturated heterocycles. The van der Waals surface area contributed by atoms with Gasteiger partial charge in [-0.25, -0.2) is 0 Å². The summed E-state index contributed by atoms with van der Waals surface area (Å²) in [5.74, 6) is -1.03. The quantitative estimate of drug-likeness (QED) is 0.890. The summed E-state index contributed by atoms with van der Waals surface area (Å²) < 4.78 is 1.31. The van der Waals surface area contributed by atoms with Crippen LogP contribution in [0.5, 0.6) is 0 Å². The molecule has 1 aromatic heterocycles. The maximum Gasteiger partial charge on any atom is 0.269 e. The Hall–Kier alpha value is -2.34. The maximum absolute atomic E-state index is 12.0. The predicted molar refractivity (Wildman–Crippen MR) is 71.1 cm³/mol. The Morgan fingerprint density at radius 2 is 1.95 bits per heavy atom. The van der Waals surface area contributed by atoms with Crippen LogP contribution in [-0.4, -0.2) is 21.6 Å². The van der Waals surface area contributed by atoms with Gasteiger partial charge in [0.2, 0.25) is 0 Å². The predicted octanol–water partition coefficient (Wildman–Crippen LogP) is 1.42. The molecule has 3 N–H and O–H groups in total. The fourth-order valence-electron chi connectivity index (χ4n) is 1.62. The first-order valence-electron chi connectivity index (χ1n) is 5.37. The minimum Gasteiger partial charge on any atom is -0.364 e. The molecule has 2 amide bonds. The first kappa shape index (κ1) is 13.1. The van der Waals surface area contributed by atoms with Crippen LogP contribution >= 0.6 is 11.6 Å². The van der Waals surface area contributed by atoms with Crippen molar-refractivity contribution < 1.29 is 9.59 Å². The summed E-state index contributed by atoms with van der Waals surface area (Å²) in [5, 5.41) is 7.00. The molecular formula is C12H11ClN4O2. The van der Waals surface area contributed by atoms with Gasteiger partial charge < -0.3 is 11.1 Å². The highest BCUT2D eigenvalue weighted by Crippen LogP contribution is 2.16. The fraction of sp³-hybridized carbons (Fsp3) is 0.0833. The topological polar surface area (TPSA) is 90.0 Å². The van der Waals surface area contributed by atoms with Crippen LogP contribution in [0, 0.1) is 0 Å². The van der Waals surface area contributed by atoms with Crippen molar-refractivity contribution in [2.75, 3.05) is 5.32 Å². The Kier molecular flexibility index (Phi) is 3.52. The largest absolute Gasteiger partial charge is 0.364 e. The summed E-state index contributed by atoms with van der Waals surface area (Å²) in [6, 6.07) is 6.37. The Morgan fingerprint density at radius 3 is 2.53 bits per heavy atom. The first-order chi connectivity index (χ1) is 8.99. The summed E-state index contributed by atoms with van der Waals surface area (Å²) in [7, 11) is 1.57. The van der Waals surface area contributed by atoms with Gasteiger partial charge in [-0.05, 0) is 24.3 Å². The third-order valence-corrected chi connectivity index (χ3v) is 2.78. The number of primary amides is 1. The van der Waals surface area contributed by atoms with Crippen LogP contribution in [0.4, 0.5) is 5.69 Å². The number of anilines is 1. The molecule has 1 aromatic carbocycles. The second-order valence-corrected chi connectivity index (χ2v) is 4.29. The molecule has 19 heavy (non-hydrogen) atoms. The number of carbonyl (C=O) groups is 2. The smallest absolute Gasteiger partial charge is 0.269 e. The van der Waals surface area contributed by atoms with E-state index in [0.717, 1.165) is 0 Å². The van der Waals surface area contributed by atoms with Gasteiger partial charge in [-0.3, -0.25) is 14.3 Å². The summed E-state index contributed by atoms with van der Waals surface area (Å²) >= 11 is 5.74. The highest BCUT2D eigenvalue weighted by molar-refractivity contribution is 6.30. The van der Waals surface area contributed by atoms with Gasteiger partial charge in [-0.1, -0.05) is 11.6 Å². The van der Waals surface area contributed by atoms with Crippen LogP contribution in [0.25, 0.3) is 0 Å². The molecule has 1 heterocycles. The number of amides is 2. The van der Waals surface area contributed by atoms with Gasteiger partial charge in [0.05, 0.1) is 11.9 Å². The summed E-state index contributed by atoms with van der Waals surface area (Å²) in [6.45, 7) is 0. The van der Waals surface area contributed by atoms with E-state index in [9.17, 15) is 9.59 Å². The lowest BCUT2D eigenvalue weighted by atomic mass is 10.2. The van der Waals surface area contributed by atoms with Crippen molar-refractivity contribution in [1.82, 2.24) is 9.78 Å². The minimum atomic E-state index is -0.661. The van der Waals surface area contributed by atoms with E-state index < -0.39 is 5.91 Å². The zero-order valence-electron chi connectivity index (χ0n) is 10.1. The SMILES string of the molecule is Cn1ncc(NC(=O)c2ccc(Cl)cc2)c1C(N)=O. The Bertz CT molecular complexity index is 634. The molecule has 0 aliphatic carbocycles. The third-order valence-electron chi connectivity index (χ3n) is 2.53. The third kappa shape index (κ3) is 2.74. The van der Waals surface area contributed by atoms with Gasteiger partial charge in [-0.2, -0.15) is 5.10 Å². The highest BCUT2D eigenvalue weighted by Gasteiger charge is 2.16. The lowest BCUT2D eigenvalue weighted by Crippen LogP contribution is -2.20. The van der Waals surface area contributed by atoms with Gasteiger partial charge in [0.15, 0.2) is 0 Å². The number of hydrogen-bond donors (Lipinski definition) is 2. The Labute approximate surface area is 114 Å². The fourth-order valence-corrected chi connectivity index (χ4v) is 1.74. The molecule has 98 valence electrons. The van der Waals surface area contributed by atoms with E-state index in [0.29, 0.717) is 10.6 Å². The lowest BCUT2D eigenvalue weighted by molar-refractivity contribution is 0.0992. The molecule has 0 fully saturated rings. The van der Waals surface area contributed by atoms with E-state index in [1.807, 2.05) is 0 Å². The molecule has 7 heteroatoms. The molecule has 0 aliphatic rings. The molecule has 0 bridgehead atoms. The lowest BCUT2D eigenvalue weighted by Gasteiger charge is -2.05. The molecule has 2 rings (SSSR count). The second kappa shape index (κ2) is 5.11. The van der Waals surface area contributed by atoms with Crippen molar-refractivity contribution in [2.45, 2.75) is 0 Å². The molecule has 0 unspecified atom stereocenters. The zero-order chi connectivity index (χ0) is 14.0. The minimum absolute atomic E-state index is 0.141. The number of rotatable bonds is 3. The summed E-state index contributed by atoms with van der Waals surface area (Å²) in [4.78, 5) is 23.2. The van der Waals surface area contributed by atoms with Gasteiger partial charge in [0.25, 0.3) is 11.8 Å². The van der Waals surface area contributed by atoms with Crippen LogP contribution in [0.1, 0.15) is 20.8 Å². The first-order valence-corrected chi connectivity index (χ1v) is 5.75. The van der Waals surface area contributed by atoms with E-state index in [1.54, 1.807) is 31.3 Å². The van der Waals surface area contributed by atoms with E-state index in [1.165, 1.54) is 10.9 Å². The number of hydrogen-bond acceptors (Lipinski definition) is 3. The Morgan fingerprint density at radius 1 is 1.32 bits per heavy atom. The van der Waals surface area contributed by atoms with E-state index in [2.05, 4.69) is 10.4 Å². The monoisotopic (exact) mass is 278 g/mol. The summed E-state index contributed by atoms with van der Waals surface area (Å²) in [6.07, 6.45) is 1.37. The number of aryl methyl sites for hydroxylation is 1. The molecule has 0 saturated carbocycles. The molecule has 6 nitrogen and oxygen atoms in total. The van der Waals surface area contributed by atoms with E-state index in [-0.39, 0.29) is 17.3 Å². The van der Waals surface area contributed by atoms with Crippen molar-refractivity contribution in [1.29, 1.82) is 0 Å². The van der Waals surface area contributed by atoms with Crippen LogP contribution < -0.4 is 11.1 Å². The number of aromatic nitrogens is 2. The molecule has 0 radical (unpaired) electrons. The zero-order valence-corrected chi connectivity index (χ0v) is 10.8. The second-order valence-electron chi connectivity index (χ2n) is 3.86. The molecule has 0 aliphatic heterocycles. The van der Waals surface area contributed by atoms with Crippen molar-refractivity contribution in [3.8, 4) is 0 Å².